The molecule has 1 N–H and O–H groups in total. The highest BCUT2D eigenvalue weighted by Crippen LogP contribution is 2.24. The predicted molar refractivity (Wildman–Crippen MR) is 81.5 cm³/mol. The van der Waals surface area contributed by atoms with E-state index in [1.165, 1.54) is 18.6 Å². The number of halogens is 1. The van der Waals surface area contributed by atoms with E-state index in [4.69, 9.17) is 11.6 Å². The number of hydrogen-bond acceptors (Lipinski definition) is 3. The molecule has 0 heterocycles. The summed E-state index contributed by atoms with van der Waals surface area (Å²) in [6.07, 6.45) is 5.13. The Kier molecular flexibility index (Phi) is 5.05. The van der Waals surface area contributed by atoms with Crippen molar-refractivity contribution in [2.24, 2.45) is 11.0 Å². The summed E-state index contributed by atoms with van der Waals surface area (Å²) in [6, 6.07) is 6.04. The molecule has 0 amide bonds. The monoisotopic (exact) mass is 314 g/mol. The van der Waals surface area contributed by atoms with Gasteiger partial charge in [0.05, 0.1) is 4.90 Å². The molecule has 6 heteroatoms. The van der Waals surface area contributed by atoms with Crippen LogP contribution in [0.25, 0.3) is 0 Å². The van der Waals surface area contributed by atoms with Crippen LogP contribution in [0.2, 0.25) is 5.02 Å². The molecule has 0 aliphatic heterocycles. The molecule has 0 atom stereocenters. The minimum Gasteiger partial charge on any atom is -0.200 e. The lowest BCUT2D eigenvalue weighted by Gasteiger charge is -2.21. The van der Waals surface area contributed by atoms with E-state index in [1.54, 1.807) is 12.1 Å². The van der Waals surface area contributed by atoms with Crippen LogP contribution in [0.4, 0.5) is 0 Å². The molecule has 1 aromatic rings. The zero-order valence-corrected chi connectivity index (χ0v) is 13.0. The summed E-state index contributed by atoms with van der Waals surface area (Å²) in [4.78, 5) is 2.49. The van der Waals surface area contributed by atoms with Crippen molar-refractivity contribution < 1.29 is 8.42 Å². The van der Waals surface area contributed by atoms with Gasteiger partial charge in [0.25, 0.3) is 10.0 Å². The second-order valence-corrected chi connectivity index (χ2v) is 7.18. The summed E-state index contributed by atoms with van der Waals surface area (Å²) >= 11 is 5.75. The Balaban J connectivity index is 2.01. The van der Waals surface area contributed by atoms with Gasteiger partial charge in [-0.15, -0.1) is 0 Å². The van der Waals surface area contributed by atoms with Crippen molar-refractivity contribution in [2.45, 2.75) is 43.9 Å². The summed E-state index contributed by atoms with van der Waals surface area (Å²) in [7, 11) is -3.59. The van der Waals surface area contributed by atoms with Crippen molar-refractivity contribution in [3.05, 3.63) is 29.3 Å². The number of rotatable bonds is 4. The van der Waals surface area contributed by atoms with Gasteiger partial charge in [0.1, 0.15) is 0 Å². The molecular weight excluding hydrogens is 296 g/mol. The third-order valence-electron chi connectivity index (χ3n) is 3.71. The molecule has 2 rings (SSSR count). The summed E-state index contributed by atoms with van der Waals surface area (Å²) in [5, 5.41) is 4.58. The molecule has 110 valence electrons. The molecule has 1 fully saturated rings. The van der Waals surface area contributed by atoms with Crippen LogP contribution in [0, 0.1) is 5.92 Å². The van der Waals surface area contributed by atoms with Crippen LogP contribution in [-0.4, -0.2) is 14.1 Å². The maximum Gasteiger partial charge on any atom is 0.276 e. The maximum atomic E-state index is 12.0. The Bertz CT molecular complexity index is 572. The minimum atomic E-state index is -3.59. The molecule has 0 radical (unpaired) electrons. The molecule has 1 saturated carbocycles. The molecule has 1 aromatic carbocycles. The van der Waals surface area contributed by atoms with E-state index in [1.807, 2.05) is 0 Å². The average Bonchev–Trinajstić information content (AvgIpc) is 2.46. The third kappa shape index (κ3) is 3.96. The molecule has 4 nitrogen and oxygen atoms in total. The van der Waals surface area contributed by atoms with Gasteiger partial charge in [0.2, 0.25) is 0 Å². The number of hydrogen-bond donors (Lipinski definition) is 1. The number of hydrazone groups is 1. The van der Waals surface area contributed by atoms with E-state index in [0.717, 1.165) is 37.3 Å². The largest absolute Gasteiger partial charge is 0.276 e. The highest BCUT2D eigenvalue weighted by Gasteiger charge is 2.17. The fourth-order valence-electron chi connectivity index (χ4n) is 2.32. The van der Waals surface area contributed by atoms with Gasteiger partial charge in [-0.3, -0.25) is 0 Å². The second kappa shape index (κ2) is 6.59. The van der Waals surface area contributed by atoms with Crippen LogP contribution in [0.5, 0.6) is 0 Å². The van der Waals surface area contributed by atoms with Crippen molar-refractivity contribution in [2.75, 3.05) is 0 Å². The Labute approximate surface area is 125 Å². The van der Waals surface area contributed by atoms with Crippen molar-refractivity contribution in [3.8, 4) is 0 Å². The number of nitrogens with one attached hydrogen (secondary N) is 1. The van der Waals surface area contributed by atoms with Gasteiger partial charge in [0, 0.05) is 10.7 Å². The number of benzene rings is 1. The first-order valence-corrected chi connectivity index (χ1v) is 8.70. The molecule has 0 spiro atoms. The first-order valence-electron chi connectivity index (χ1n) is 6.84. The van der Waals surface area contributed by atoms with Gasteiger partial charge < -0.3 is 0 Å². The van der Waals surface area contributed by atoms with E-state index < -0.39 is 10.0 Å². The number of sulfonamides is 1. The van der Waals surface area contributed by atoms with Crippen LogP contribution in [0.15, 0.2) is 34.3 Å². The van der Waals surface area contributed by atoms with Gasteiger partial charge in [-0.25, -0.2) is 4.83 Å². The summed E-state index contributed by atoms with van der Waals surface area (Å²) in [6.45, 7) is 2.19. The zero-order chi connectivity index (χ0) is 14.6. The maximum absolute atomic E-state index is 12.0. The van der Waals surface area contributed by atoms with Crippen LogP contribution >= 0.6 is 11.6 Å². The van der Waals surface area contributed by atoms with E-state index >= 15 is 0 Å². The molecule has 0 aromatic heterocycles. The van der Waals surface area contributed by atoms with Crippen LogP contribution < -0.4 is 4.83 Å². The van der Waals surface area contributed by atoms with Crippen molar-refractivity contribution in [3.63, 3.8) is 0 Å². The molecule has 0 saturated heterocycles. The lowest BCUT2D eigenvalue weighted by Crippen LogP contribution is -2.22. The van der Waals surface area contributed by atoms with E-state index in [2.05, 4.69) is 16.9 Å². The van der Waals surface area contributed by atoms with Gasteiger partial charge in [-0.05, 0) is 55.9 Å². The Hall–Kier alpha value is -1.07. The van der Waals surface area contributed by atoms with Crippen LogP contribution in [0.3, 0.4) is 0 Å². The topological polar surface area (TPSA) is 58.5 Å². The van der Waals surface area contributed by atoms with Crippen molar-refractivity contribution in [1.29, 1.82) is 0 Å². The highest BCUT2D eigenvalue weighted by atomic mass is 35.5. The first-order chi connectivity index (χ1) is 9.51. The molecule has 0 bridgehead atoms. The first kappa shape index (κ1) is 15.3. The summed E-state index contributed by atoms with van der Waals surface area (Å²) < 4.78 is 24.1. The number of nitrogens with zero attached hydrogens (tertiary/aromatic N) is 1. The second-order valence-electron chi connectivity index (χ2n) is 5.08. The minimum absolute atomic E-state index is 0.175. The fourth-order valence-corrected chi connectivity index (χ4v) is 3.30. The standard InChI is InChI=1S/C14H19ClN2O2S/c1-2-11-3-7-13(8-4-11)16-17-20(18,19)14-9-5-12(15)6-10-14/h5-6,9-11,17H,2-4,7-8H2,1H3. The van der Waals surface area contributed by atoms with Gasteiger partial charge in [-0.1, -0.05) is 24.9 Å². The van der Waals surface area contributed by atoms with Crippen LogP contribution in [0.1, 0.15) is 39.0 Å². The lowest BCUT2D eigenvalue weighted by atomic mass is 9.86. The smallest absolute Gasteiger partial charge is 0.200 e. The van der Waals surface area contributed by atoms with Crippen LogP contribution in [-0.2, 0) is 10.0 Å². The van der Waals surface area contributed by atoms with E-state index in [9.17, 15) is 8.42 Å². The van der Waals surface area contributed by atoms with E-state index in [0.29, 0.717) is 5.02 Å². The predicted octanol–water partition coefficient (Wildman–Crippen LogP) is 3.57. The Morgan fingerprint density at radius 1 is 1.25 bits per heavy atom. The van der Waals surface area contributed by atoms with Crippen molar-refractivity contribution >= 4 is 27.3 Å². The van der Waals surface area contributed by atoms with Crippen molar-refractivity contribution in [1.82, 2.24) is 4.83 Å². The normalized spacial score (nSPS) is 19.7. The fraction of sp³-hybridized carbons (Fsp3) is 0.500. The summed E-state index contributed by atoms with van der Waals surface area (Å²) in [5.41, 5.74) is 0.937. The molecule has 0 unspecified atom stereocenters. The lowest BCUT2D eigenvalue weighted by molar-refractivity contribution is 0.428. The van der Waals surface area contributed by atoms with E-state index in [-0.39, 0.29) is 4.90 Å². The highest BCUT2D eigenvalue weighted by molar-refractivity contribution is 7.89. The quantitative estimate of drug-likeness (QED) is 0.864. The zero-order valence-electron chi connectivity index (χ0n) is 11.5. The van der Waals surface area contributed by atoms with Gasteiger partial charge in [-0.2, -0.15) is 13.5 Å². The molecule has 1 aliphatic carbocycles. The summed E-state index contributed by atoms with van der Waals surface area (Å²) in [5.74, 6) is 0.752. The SMILES string of the molecule is CCC1CCC(=NNS(=O)(=O)c2ccc(Cl)cc2)CC1. The molecule has 20 heavy (non-hydrogen) atoms. The Morgan fingerprint density at radius 3 is 2.40 bits per heavy atom. The molecular formula is C14H19ClN2O2S. The van der Waals surface area contributed by atoms with Gasteiger partial charge in [0.15, 0.2) is 0 Å². The molecule has 1 aliphatic rings. The average molecular weight is 315 g/mol. The Morgan fingerprint density at radius 2 is 1.85 bits per heavy atom. The third-order valence-corrected chi connectivity index (χ3v) is 5.18. The van der Waals surface area contributed by atoms with Gasteiger partial charge >= 0.3 is 0 Å².